The summed E-state index contributed by atoms with van der Waals surface area (Å²) in [4.78, 5) is 4.21. The Morgan fingerprint density at radius 2 is 2.07 bits per heavy atom. The van der Waals surface area contributed by atoms with E-state index in [1.807, 2.05) is 19.1 Å². The fourth-order valence-electron chi connectivity index (χ4n) is 3.70. The predicted molar refractivity (Wildman–Crippen MR) is 103 cm³/mol. The fraction of sp³-hybridized carbons (Fsp3) is 0.421. The maximum Gasteiger partial charge on any atom is 0.262 e. The number of furan rings is 1. The van der Waals surface area contributed by atoms with Crippen LogP contribution in [0.1, 0.15) is 50.2 Å². The number of imidazole rings is 1. The van der Waals surface area contributed by atoms with Gasteiger partial charge in [0, 0.05) is 19.2 Å². The SMILES string of the molecule is CCc1ccc([C@H]2CCCCCN2S(=O)(=O)c2c(Cl)nc3ccccn23)o1. The van der Waals surface area contributed by atoms with Gasteiger partial charge in [0.1, 0.15) is 17.2 Å². The van der Waals surface area contributed by atoms with Crippen LogP contribution >= 0.6 is 11.6 Å². The first-order valence-corrected chi connectivity index (χ1v) is 11.1. The van der Waals surface area contributed by atoms with Crippen LogP contribution in [0.3, 0.4) is 0 Å². The zero-order chi connectivity index (χ0) is 19.0. The maximum atomic E-state index is 13.6. The summed E-state index contributed by atoms with van der Waals surface area (Å²) in [6, 6.07) is 8.80. The molecule has 0 bridgehead atoms. The van der Waals surface area contributed by atoms with Crippen LogP contribution in [0.2, 0.25) is 5.15 Å². The number of rotatable bonds is 4. The molecular formula is C19H22ClN3O3S. The summed E-state index contributed by atoms with van der Waals surface area (Å²) in [6.45, 7) is 2.45. The highest BCUT2D eigenvalue weighted by molar-refractivity contribution is 7.89. The van der Waals surface area contributed by atoms with E-state index in [1.165, 1.54) is 0 Å². The average Bonchev–Trinajstić information content (AvgIpc) is 3.17. The lowest BCUT2D eigenvalue weighted by Gasteiger charge is -2.27. The molecule has 144 valence electrons. The van der Waals surface area contributed by atoms with E-state index in [0.29, 0.717) is 18.0 Å². The van der Waals surface area contributed by atoms with Gasteiger partial charge in [-0.15, -0.1) is 0 Å². The van der Waals surface area contributed by atoms with Crippen molar-refractivity contribution in [3.8, 4) is 0 Å². The fourth-order valence-corrected chi connectivity index (χ4v) is 5.97. The molecule has 0 saturated carbocycles. The minimum atomic E-state index is -3.85. The molecule has 8 heteroatoms. The van der Waals surface area contributed by atoms with Crippen molar-refractivity contribution in [2.75, 3.05) is 6.54 Å². The number of nitrogens with zero attached hydrogens (tertiary/aromatic N) is 3. The number of hydrogen-bond acceptors (Lipinski definition) is 4. The van der Waals surface area contributed by atoms with E-state index in [2.05, 4.69) is 4.98 Å². The minimum absolute atomic E-state index is 0.00195. The van der Waals surface area contributed by atoms with Gasteiger partial charge in [0.05, 0.1) is 6.04 Å². The van der Waals surface area contributed by atoms with Gasteiger partial charge in [0.15, 0.2) is 10.2 Å². The van der Waals surface area contributed by atoms with E-state index < -0.39 is 10.0 Å². The third-order valence-corrected chi connectivity index (χ3v) is 7.37. The third kappa shape index (κ3) is 3.28. The molecular weight excluding hydrogens is 386 g/mol. The van der Waals surface area contributed by atoms with Crippen molar-refractivity contribution in [1.29, 1.82) is 0 Å². The Bertz CT molecular complexity index is 1060. The molecule has 1 aliphatic heterocycles. The lowest BCUT2D eigenvalue weighted by atomic mass is 10.1. The first kappa shape index (κ1) is 18.5. The van der Waals surface area contributed by atoms with Crippen molar-refractivity contribution in [3.63, 3.8) is 0 Å². The van der Waals surface area contributed by atoms with Crippen molar-refractivity contribution >= 4 is 27.3 Å². The van der Waals surface area contributed by atoms with E-state index in [0.717, 1.165) is 37.9 Å². The second kappa shape index (κ2) is 7.30. The number of halogens is 1. The van der Waals surface area contributed by atoms with Gasteiger partial charge in [-0.05, 0) is 37.1 Å². The number of aromatic nitrogens is 2. The number of sulfonamides is 1. The van der Waals surface area contributed by atoms with Gasteiger partial charge in [-0.1, -0.05) is 37.4 Å². The quantitative estimate of drug-likeness (QED) is 0.640. The van der Waals surface area contributed by atoms with Gasteiger partial charge >= 0.3 is 0 Å². The van der Waals surface area contributed by atoms with Crippen molar-refractivity contribution in [3.05, 3.63) is 53.2 Å². The Kier molecular flexibility index (Phi) is 5.01. The number of hydrogen-bond donors (Lipinski definition) is 0. The lowest BCUT2D eigenvalue weighted by Crippen LogP contribution is -2.35. The molecule has 0 unspecified atom stereocenters. The molecule has 3 aromatic heterocycles. The van der Waals surface area contributed by atoms with Gasteiger partial charge in [0.2, 0.25) is 0 Å². The van der Waals surface area contributed by atoms with Gasteiger partial charge in [0.25, 0.3) is 10.0 Å². The molecule has 27 heavy (non-hydrogen) atoms. The highest BCUT2D eigenvalue weighted by atomic mass is 35.5. The van der Waals surface area contributed by atoms with Gasteiger partial charge in [-0.3, -0.25) is 4.40 Å². The summed E-state index contributed by atoms with van der Waals surface area (Å²) in [5.74, 6) is 1.56. The molecule has 4 heterocycles. The van der Waals surface area contributed by atoms with Crippen molar-refractivity contribution in [2.45, 2.75) is 50.1 Å². The summed E-state index contributed by atoms with van der Waals surface area (Å²) in [5, 5.41) is 0.0202. The smallest absolute Gasteiger partial charge is 0.262 e. The van der Waals surface area contributed by atoms with Crippen LogP contribution in [-0.4, -0.2) is 28.7 Å². The van der Waals surface area contributed by atoms with Crippen LogP contribution in [-0.2, 0) is 16.4 Å². The van der Waals surface area contributed by atoms with Gasteiger partial charge in [-0.2, -0.15) is 4.31 Å². The maximum absolute atomic E-state index is 13.6. The monoisotopic (exact) mass is 407 g/mol. The number of fused-ring (bicyclic) bond motifs is 1. The molecule has 0 radical (unpaired) electrons. The summed E-state index contributed by atoms with van der Waals surface area (Å²) in [7, 11) is -3.85. The second-order valence-corrected chi connectivity index (χ2v) is 8.94. The van der Waals surface area contributed by atoms with E-state index in [-0.39, 0.29) is 16.2 Å². The number of pyridine rings is 1. The highest BCUT2D eigenvalue weighted by Crippen LogP contribution is 2.37. The molecule has 0 aliphatic carbocycles. The second-order valence-electron chi connectivity index (χ2n) is 6.78. The molecule has 0 N–H and O–H groups in total. The molecule has 4 rings (SSSR count). The Morgan fingerprint density at radius 1 is 1.22 bits per heavy atom. The van der Waals surface area contributed by atoms with Crippen LogP contribution in [0.4, 0.5) is 0 Å². The molecule has 1 aliphatic rings. The van der Waals surface area contributed by atoms with Crippen LogP contribution in [0, 0.1) is 0 Å². The molecule has 3 aromatic rings. The lowest BCUT2D eigenvalue weighted by molar-refractivity contribution is 0.279. The first-order valence-electron chi connectivity index (χ1n) is 9.25. The zero-order valence-corrected chi connectivity index (χ0v) is 16.7. The average molecular weight is 408 g/mol. The molecule has 0 spiro atoms. The van der Waals surface area contributed by atoms with Crippen LogP contribution in [0.25, 0.3) is 5.65 Å². The predicted octanol–water partition coefficient (Wildman–Crippen LogP) is 4.45. The molecule has 1 atom stereocenters. The Balaban J connectivity index is 1.82. The first-order chi connectivity index (χ1) is 13.0. The van der Waals surface area contributed by atoms with Crippen LogP contribution in [0.5, 0.6) is 0 Å². The third-order valence-electron chi connectivity index (χ3n) is 5.06. The molecule has 0 aromatic carbocycles. The minimum Gasteiger partial charge on any atom is -0.464 e. The van der Waals surface area contributed by atoms with E-state index >= 15 is 0 Å². The summed E-state index contributed by atoms with van der Waals surface area (Å²) < 4.78 is 36.3. The molecule has 0 amide bonds. The van der Waals surface area contributed by atoms with Gasteiger partial charge in [-0.25, -0.2) is 13.4 Å². The van der Waals surface area contributed by atoms with Crippen LogP contribution in [0.15, 0.2) is 46.0 Å². The Hall–Kier alpha value is -1.83. The van der Waals surface area contributed by atoms with Gasteiger partial charge < -0.3 is 4.42 Å². The number of aryl methyl sites for hydroxylation is 1. The van der Waals surface area contributed by atoms with Crippen molar-refractivity contribution in [2.24, 2.45) is 0 Å². The summed E-state index contributed by atoms with van der Waals surface area (Å²) in [5.41, 5.74) is 0.513. The largest absolute Gasteiger partial charge is 0.464 e. The van der Waals surface area contributed by atoms with E-state index in [1.54, 1.807) is 33.1 Å². The van der Waals surface area contributed by atoms with E-state index in [9.17, 15) is 8.42 Å². The van der Waals surface area contributed by atoms with E-state index in [4.69, 9.17) is 16.0 Å². The molecule has 1 fully saturated rings. The summed E-state index contributed by atoms with van der Waals surface area (Å²) >= 11 is 6.27. The Morgan fingerprint density at radius 3 is 2.85 bits per heavy atom. The standard InChI is InChI=1S/C19H22ClN3O3S/c1-2-14-10-11-16(26-14)15-8-4-3-6-13-23(15)27(24,25)19-18(20)21-17-9-5-7-12-22(17)19/h5,7,9-12,15H,2-4,6,8,13H2,1H3/t15-/m1/s1. The van der Waals surface area contributed by atoms with Crippen LogP contribution < -0.4 is 0 Å². The Labute approximate surface area is 163 Å². The summed E-state index contributed by atoms with van der Waals surface area (Å²) in [6.07, 6.45) is 5.94. The zero-order valence-electron chi connectivity index (χ0n) is 15.1. The molecule has 1 saturated heterocycles. The molecule has 6 nitrogen and oxygen atoms in total. The van der Waals surface area contributed by atoms with Crippen molar-refractivity contribution in [1.82, 2.24) is 13.7 Å². The van der Waals surface area contributed by atoms with Crippen molar-refractivity contribution < 1.29 is 12.8 Å². The highest BCUT2D eigenvalue weighted by Gasteiger charge is 2.38. The normalized spacial score (nSPS) is 19.4. The topological polar surface area (TPSA) is 67.8 Å².